The SMILES string of the molecule is CC(CC(=O)N[C@](Cc1ccccc1)(c1ccc(F)cc1)c1cc(F)cc(OC(F)(F)C(F)F)c1)C(F)(F)F. The van der Waals surface area contributed by atoms with Crippen LogP contribution in [0.1, 0.15) is 30.0 Å². The first-order valence-corrected chi connectivity index (χ1v) is 11.5. The summed E-state index contributed by atoms with van der Waals surface area (Å²) in [5.41, 5.74) is -1.81. The van der Waals surface area contributed by atoms with E-state index in [0.717, 1.165) is 31.2 Å². The van der Waals surface area contributed by atoms with Crippen LogP contribution in [0.4, 0.5) is 39.5 Å². The molecule has 3 aromatic carbocycles. The summed E-state index contributed by atoms with van der Waals surface area (Å²) in [7, 11) is 0. The summed E-state index contributed by atoms with van der Waals surface area (Å²) < 4.78 is 125. The molecule has 12 heteroatoms. The molecule has 0 heterocycles. The summed E-state index contributed by atoms with van der Waals surface area (Å²) in [5, 5.41) is 2.45. The van der Waals surface area contributed by atoms with Crippen molar-refractivity contribution < 1.29 is 49.0 Å². The number of benzene rings is 3. The maximum absolute atomic E-state index is 14.7. The van der Waals surface area contributed by atoms with E-state index >= 15 is 0 Å². The topological polar surface area (TPSA) is 38.3 Å². The number of nitrogens with one attached hydrogen (secondary N) is 1. The van der Waals surface area contributed by atoms with Crippen molar-refractivity contribution in [3.63, 3.8) is 0 Å². The number of hydrogen-bond acceptors (Lipinski definition) is 2. The zero-order chi connectivity index (χ0) is 29.0. The van der Waals surface area contributed by atoms with Gasteiger partial charge in [0.15, 0.2) is 0 Å². The second-order valence-corrected chi connectivity index (χ2v) is 8.91. The first-order valence-electron chi connectivity index (χ1n) is 11.5. The molecule has 1 unspecified atom stereocenters. The zero-order valence-electron chi connectivity index (χ0n) is 20.2. The fraction of sp³-hybridized carbons (Fsp3) is 0.296. The van der Waals surface area contributed by atoms with Gasteiger partial charge in [0.1, 0.15) is 17.4 Å². The minimum atomic E-state index is -5.01. The summed E-state index contributed by atoms with van der Waals surface area (Å²) in [6, 6.07) is 14.2. The second kappa shape index (κ2) is 11.6. The number of hydrogen-bond donors (Lipinski definition) is 1. The van der Waals surface area contributed by atoms with Crippen LogP contribution >= 0.6 is 0 Å². The Labute approximate surface area is 217 Å². The molecular weight excluding hydrogens is 541 g/mol. The Kier molecular flexibility index (Phi) is 8.87. The number of carbonyl (C=O) groups is 1. The van der Waals surface area contributed by atoms with Crippen LogP contribution in [0.15, 0.2) is 72.8 Å². The average molecular weight is 563 g/mol. The van der Waals surface area contributed by atoms with Gasteiger partial charge < -0.3 is 10.1 Å². The van der Waals surface area contributed by atoms with Gasteiger partial charge in [0, 0.05) is 18.9 Å². The van der Waals surface area contributed by atoms with Gasteiger partial charge in [-0.05, 0) is 41.0 Å². The summed E-state index contributed by atoms with van der Waals surface area (Å²) in [6.07, 6.45) is -15.3. The lowest BCUT2D eigenvalue weighted by Crippen LogP contribution is -2.49. The smallest absolute Gasteiger partial charge is 0.428 e. The fourth-order valence-corrected chi connectivity index (χ4v) is 3.95. The van der Waals surface area contributed by atoms with Crippen molar-refractivity contribution in [3.05, 3.63) is 101 Å². The van der Waals surface area contributed by atoms with Gasteiger partial charge in [-0.3, -0.25) is 4.79 Å². The molecule has 0 aliphatic carbocycles. The molecular formula is C27H22F9NO2. The molecule has 0 saturated carbocycles. The highest BCUT2D eigenvalue weighted by Gasteiger charge is 2.45. The molecule has 0 fully saturated rings. The van der Waals surface area contributed by atoms with Gasteiger partial charge in [-0.2, -0.15) is 30.7 Å². The highest BCUT2D eigenvalue weighted by Crippen LogP contribution is 2.38. The van der Waals surface area contributed by atoms with E-state index < -0.39 is 59.9 Å². The Morgan fingerprint density at radius 1 is 0.846 bits per heavy atom. The van der Waals surface area contributed by atoms with Crippen LogP contribution < -0.4 is 10.1 Å². The molecule has 1 N–H and O–H groups in total. The Balaban J connectivity index is 2.23. The highest BCUT2D eigenvalue weighted by molar-refractivity contribution is 5.78. The maximum Gasteiger partial charge on any atom is 0.461 e. The Morgan fingerprint density at radius 3 is 2.03 bits per heavy atom. The Morgan fingerprint density at radius 2 is 1.46 bits per heavy atom. The molecule has 1 amide bonds. The van der Waals surface area contributed by atoms with Crippen molar-refractivity contribution in [1.82, 2.24) is 5.32 Å². The van der Waals surface area contributed by atoms with Gasteiger partial charge in [-0.15, -0.1) is 0 Å². The van der Waals surface area contributed by atoms with Crippen molar-refractivity contribution in [3.8, 4) is 5.75 Å². The van der Waals surface area contributed by atoms with Crippen molar-refractivity contribution in [1.29, 1.82) is 0 Å². The lowest BCUT2D eigenvalue weighted by Gasteiger charge is -2.37. The van der Waals surface area contributed by atoms with E-state index in [2.05, 4.69) is 10.1 Å². The minimum absolute atomic E-state index is 0.0398. The summed E-state index contributed by atoms with van der Waals surface area (Å²) in [4.78, 5) is 13.0. The van der Waals surface area contributed by atoms with Crippen molar-refractivity contribution in [2.24, 2.45) is 5.92 Å². The predicted molar refractivity (Wildman–Crippen MR) is 123 cm³/mol. The monoisotopic (exact) mass is 563 g/mol. The molecule has 0 spiro atoms. The lowest BCUT2D eigenvalue weighted by atomic mass is 9.77. The quantitative estimate of drug-likeness (QED) is 0.261. The largest absolute Gasteiger partial charge is 0.461 e. The first-order chi connectivity index (χ1) is 18.1. The molecule has 0 radical (unpaired) electrons. The molecule has 2 atom stereocenters. The maximum atomic E-state index is 14.7. The number of rotatable bonds is 10. The van der Waals surface area contributed by atoms with Gasteiger partial charge >= 0.3 is 18.7 Å². The van der Waals surface area contributed by atoms with E-state index in [1.807, 2.05) is 0 Å². The van der Waals surface area contributed by atoms with Crippen molar-refractivity contribution in [2.75, 3.05) is 0 Å². The molecule has 0 aliphatic heterocycles. The minimum Gasteiger partial charge on any atom is -0.428 e. The molecule has 0 bridgehead atoms. The van der Waals surface area contributed by atoms with E-state index in [4.69, 9.17) is 0 Å². The summed E-state index contributed by atoms with van der Waals surface area (Å²) in [6.45, 7) is 0.775. The first kappa shape index (κ1) is 29.9. The standard InChI is InChI=1S/C27H22F9NO2/c1-16(26(32,33)34)11-23(38)37-25(15-17-5-3-2-4-6-17,18-7-9-20(28)10-8-18)19-12-21(29)14-22(13-19)39-27(35,36)24(30)31/h2-10,12-14,16,24H,11,15H2,1H3,(H,37,38)/t16?,25-/m1/s1. The summed E-state index contributed by atoms with van der Waals surface area (Å²) >= 11 is 0. The molecule has 210 valence electrons. The van der Waals surface area contributed by atoms with Gasteiger partial charge in [0.2, 0.25) is 5.91 Å². The Hall–Kier alpha value is -3.70. The third-order valence-corrected chi connectivity index (χ3v) is 5.92. The van der Waals surface area contributed by atoms with Crippen LogP contribution in [0.25, 0.3) is 0 Å². The number of carbonyl (C=O) groups excluding carboxylic acids is 1. The van der Waals surface area contributed by atoms with E-state index in [0.29, 0.717) is 11.6 Å². The molecule has 3 aromatic rings. The number of alkyl halides is 7. The molecule has 3 rings (SSSR count). The molecule has 3 nitrogen and oxygen atoms in total. The summed E-state index contributed by atoms with van der Waals surface area (Å²) in [5.74, 6) is -6.22. The van der Waals surface area contributed by atoms with Gasteiger partial charge in [0.05, 0.1) is 11.5 Å². The van der Waals surface area contributed by atoms with E-state index in [1.165, 1.54) is 12.1 Å². The van der Waals surface area contributed by atoms with Crippen molar-refractivity contribution in [2.45, 2.75) is 44.0 Å². The average Bonchev–Trinajstić information content (AvgIpc) is 2.83. The normalized spacial score (nSPS) is 14.5. The van der Waals surface area contributed by atoms with Crippen LogP contribution in [0.5, 0.6) is 5.75 Å². The van der Waals surface area contributed by atoms with E-state index in [-0.39, 0.29) is 17.5 Å². The molecule has 0 aromatic heterocycles. The van der Waals surface area contributed by atoms with Crippen LogP contribution in [-0.2, 0) is 16.8 Å². The second-order valence-electron chi connectivity index (χ2n) is 8.91. The third kappa shape index (κ3) is 7.45. The van der Waals surface area contributed by atoms with Crippen molar-refractivity contribution >= 4 is 5.91 Å². The van der Waals surface area contributed by atoms with Crippen LogP contribution in [0, 0.1) is 17.6 Å². The highest BCUT2D eigenvalue weighted by atomic mass is 19.4. The zero-order valence-corrected chi connectivity index (χ0v) is 20.2. The third-order valence-electron chi connectivity index (χ3n) is 5.92. The predicted octanol–water partition coefficient (Wildman–Crippen LogP) is 7.39. The van der Waals surface area contributed by atoms with Crippen LogP contribution in [-0.4, -0.2) is 24.6 Å². The molecule has 0 aliphatic rings. The van der Waals surface area contributed by atoms with E-state index in [9.17, 15) is 44.3 Å². The number of amides is 1. The lowest BCUT2D eigenvalue weighted by molar-refractivity contribution is -0.253. The van der Waals surface area contributed by atoms with Crippen LogP contribution in [0.3, 0.4) is 0 Å². The van der Waals surface area contributed by atoms with Crippen LogP contribution in [0.2, 0.25) is 0 Å². The number of halogens is 9. The number of ether oxygens (including phenoxy) is 1. The van der Waals surface area contributed by atoms with Gasteiger partial charge in [-0.1, -0.05) is 49.4 Å². The van der Waals surface area contributed by atoms with Gasteiger partial charge in [0.25, 0.3) is 0 Å². The van der Waals surface area contributed by atoms with Gasteiger partial charge in [-0.25, -0.2) is 8.78 Å². The fourth-order valence-electron chi connectivity index (χ4n) is 3.95. The molecule has 0 saturated heterocycles. The Bertz CT molecular complexity index is 1260. The van der Waals surface area contributed by atoms with E-state index in [1.54, 1.807) is 30.3 Å². The molecule has 39 heavy (non-hydrogen) atoms.